The smallest absolute Gasteiger partial charge is 0.342 e. The zero-order chi connectivity index (χ0) is 37.2. The Morgan fingerprint density at radius 2 is 1.40 bits per heavy atom. The predicted octanol–water partition coefficient (Wildman–Crippen LogP) is 4.84. The molecule has 2 aliphatic carbocycles. The topological polar surface area (TPSA) is 170 Å². The van der Waals surface area contributed by atoms with Crippen LogP contribution in [0.2, 0.25) is 0 Å². The maximum absolute atomic E-state index is 13.4. The van der Waals surface area contributed by atoms with Crippen LogP contribution in [0.3, 0.4) is 0 Å². The minimum Gasteiger partial charge on any atom is -0.462 e. The average molecular weight is 707 g/mol. The first-order valence-corrected chi connectivity index (χ1v) is 17.9. The molecule has 0 aromatic rings. The third-order valence-corrected chi connectivity index (χ3v) is 10.9. The maximum Gasteiger partial charge on any atom is 0.342 e. The Balaban J connectivity index is 1.98. The van der Waals surface area contributed by atoms with Crippen LogP contribution >= 0.6 is 0 Å². The molecular formula is C37H54O13. The van der Waals surface area contributed by atoms with Gasteiger partial charge < -0.3 is 33.2 Å². The molecule has 2 saturated heterocycles. The van der Waals surface area contributed by atoms with Crippen molar-refractivity contribution in [2.75, 3.05) is 0 Å². The van der Waals surface area contributed by atoms with Gasteiger partial charge in [0.25, 0.3) is 0 Å². The van der Waals surface area contributed by atoms with Crippen LogP contribution in [0.1, 0.15) is 120 Å². The number of carbonyl (C=O) groups excluding carboxylic acids is 6. The fraction of sp³-hybridized carbons (Fsp3) is 0.784. The molecule has 0 aromatic carbocycles. The number of hydrogen-bond acceptors (Lipinski definition) is 13. The van der Waals surface area contributed by atoms with Crippen molar-refractivity contribution in [3.05, 3.63) is 11.6 Å². The minimum atomic E-state index is -1.53. The van der Waals surface area contributed by atoms with Gasteiger partial charge in [0.15, 0.2) is 17.3 Å². The van der Waals surface area contributed by atoms with Crippen LogP contribution in [-0.2, 0) is 61.9 Å². The summed E-state index contributed by atoms with van der Waals surface area (Å²) in [5.74, 6) is -5.29. The molecule has 0 bridgehead atoms. The molecule has 280 valence electrons. The number of fused-ring (bicyclic) bond motifs is 1. The third kappa shape index (κ3) is 7.43. The molecule has 4 rings (SSSR count). The molecule has 1 spiro atoms. The van der Waals surface area contributed by atoms with Gasteiger partial charge in [-0.05, 0) is 32.8 Å². The largest absolute Gasteiger partial charge is 0.462 e. The van der Waals surface area contributed by atoms with Gasteiger partial charge >= 0.3 is 35.8 Å². The number of hydrogen-bond donors (Lipinski definition) is 0. The lowest BCUT2D eigenvalue weighted by atomic mass is 9.52. The van der Waals surface area contributed by atoms with E-state index < -0.39 is 101 Å². The van der Waals surface area contributed by atoms with Gasteiger partial charge in [0.05, 0.1) is 5.41 Å². The van der Waals surface area contributed by atoms with Crippen LogP contribution in [0.15, 0.2) is 11.6 Å². The van der Waals surface area contributed by atoms with Crippen LogP contribution in [0.4, 0.5) is 0 Å². The van der Waals surface area contributed by atoms with Gasteiger partial charge in [0.1, 0.15) is 30.5 Å². The van der Waals surface area contributed by atoms with E-state index in [2.05, 4.69) is 6.92 Å². The van der Waals surface area contributed by atoms with Gasteiger partial charge in [-0.3, -0.25) is 24.0 Å². The number of carbonyl (C=O) groups is 6. The van der Waals surface area contributed by atoms with Crippen LogP contribution in [0.25, 0.3) is 0 Å². The predicted molar refractivity (Wildman–Crippen MR) is 176 cm³/mol. The molecule has 0 unspecified atom stereocenters. The molecule has 13 heteroatoms. The lowest BCUT2D eigenvalue weighted by Crippen LogP contribution is -2.68. The Labute approximate surface area is 294 Å². The van der Waals surface area contributed by atoms with Crippen molar-refractivity contribution in [2.24, 2.45) is 17.3 Å². The van der Waals surface area contributed by atoms with Crippen molar-refractivity contribution in [3.8, 4) is 0 Å². The molecule has 2 aliphatic heterocycles. The zero-order valence-corrected chi connectivity index (χ0v) is 30.9. The Kier molecular flexibility index (Phi) is 12.1. The van der Waals surface area contributed by atoms with Crippen LogP contribution in [-0.4, -0.2) is 83.6 Å². The molecular weight excluding hydrogens is 652 g/mol. The van der Waals surface area contributed by atoms with Gasteiger partial charge in [-0.25, -0.2) is 4.79 Å². The molecule has 0 N–H and O–H groups in total. The van der Waals surface area contributed by atoms with E-state index in [0.717, 1.165) is 19.3 Å². The molecule has 50 heavy (non-hydrogen) atoms. The number of esters is 6. The SMILES string of the molecule is CCCCCCC(=O)O[C@H]1C[C@H](OC(C)=O)[C@@]2(C)[C@H]([C@H]1C)[C@@H](OC(C)=O)[C@]13O[C@]1(C)C(=O)O[C@H]3/C=C(/C)C[C@H](OC(=O)CCC)[C@H]2OC(C)=O. The normalized spacial score (nSPS) is 38.4. The van der Waals surface area contributed by atoms with E-state index in [1.807, 2.05) is 13.8 Å². The van der Waals surface area contributed by atoms with E-state index >= 15 is 0 Å². The standard InChI is InChI=1S/C37H54O13/c1-10-12-13-14-16-30(42)47-25-19-27(44-22(5)38)35(8)31(21(25)4)33(46-24(7)40)37-28(49-34(43)36(37,9)50-37)18-20(3)17-26(32(35)45-23(6)39)48-29(41)15-11-2/h18,21,25-28,31-33H,10-17,19H2,1-9H3/b20-18-/t21-,25-,26-,27-,28-,31+,32+,33+,35-,36+,37-/m0/s1. The first kappa shape index (κ1) is 39.3. The lowest BCUT2D eigenvalue weighted by molar-refractivity contribution is -0.248. The molecule has 4 aliphatic rings. The zero-order valence-electron chi connectivity index (χ0n) is 30.9. The van der Waals surface area contributed by atoms with Crippen LogP contribution in [0, 0.1) is 17.3 Å². The second-order valence-electron chi connectivity index (χ2n) is 14.7. The molecule has 2 heterocycles. The van der Waals surface area contributed by atoms with E-state index in [9.17, 15) is 28.8 Å². The van der Waals surface area contributed by atoms with Crippen LogP contribution < -0.4 is 0 Å². The summed E-state index contributed by atoms with van der Waals surface area (Å²) in [7, 11) is 0. The summed E-state index contributed by atoms with van der Waals surface area (Å²) in [4.78, 5) is 78.7. The van der Waals surface area contributed by atoms with Gasteiger partial charge in [0.2, 0.25) is 0 Å². The highest BCUT2D eigenvalue weighted by atomic mass is 16.7. The molecule has 0 amide bonds. The van der Waals surface area contributed by atoms with Gasteiger partial charge in [0, 0.05) is 58.3 Å². The van der Waals surface area contributed by atoms with Gasteiger partial charge in [-0.1, -0.05) is 52.5 Å². The highest BCUT2D eigenvalue weighted by Crippen LogP contribution is 2.66. The minimum absolute atomic E-state index is 0.00738. The quantitative estimate of drug-likeness (QED) is 0.0889. The van der Waals surface area contributed by atoms with E-state index in [-0.39, 0.29) is 25.7 Å². The Bertz CT molecular complexity index is 1370. The maximum atomic E-state index is 13.4. The van der Waals surface area contributed by atoms with Crippen molar-refractivity contribution >= 4 is 35.8 Å². The second-order valence-corrected chi connectivity index (χ2v) is 14.7. The van der Waals surface area contributed by atoms with Crippen molar-refractivity contribution in [3.63, 3.8) is 0 Å². The van der Waals surface area contributed by atoms with Crippen molar-refractivity contribution in [2.45, 2.75) is 168 Å². The molecule has 13 nitrogen and oxygen atoms in total. The number of epoxide rings is 1. The number of ether oxygens (including phenoxy) is 7. The first-order valence-electron chi connectivity index (χ1n) is 17.9. The Morgan fingerprint density at radius 1 is 0.800 bits per heavy atom. The second kappa shape index (κ2) is 15.4. The van der Waals surface area contributed by atoms with E-state index in [1.54, 1.807) is 26.8 Å². The summed E-state index contributed by atoms with van der Waals surface area (Å²) in [6.07, 6.45) is -0.621. The van der Waals surface area contributed by atoms with Gasteiger partial charge in [-0.2, -0.15) is 0 Å². The Morgan fingerprint density at radius 3 is 1.98 bits per heavy atom. The third-order valence-electron chi connectivity index (χ3n) is 10.9. The van der Waals surface area contributed by atoms with E-state index in [0.29, 0.717) is 18.4 Å². The number of unbranched alkanes of at least 4 members (excludes halogenated alkanes) is 3. The summed E-state index contributed by atoms with van der Waals surface area (Å²) in [6.45, 7) is 14.5. The molecule has 0 aromatic heterocycles. The molecule has 0 radical (unpaired) electrons. The summed E-state index contributed by atoms with van der Waals surface area (Å²) >= 11 is 0. The van der Waals surface area contributed by atoms with Gasteiger partial charge in [-0.15, -0.1) is 0 Å². The fourth-order valence-electron chi connectivity index (χ4n) is 8.60. The van der Waals surface area contributed by atoms with Crippen LogP contribution in [0.5, 0.6) is 0 Å². The highest BCUT2D eigenvalue weighted by molar-refractivity contribution is 5.89. The first-order chi connectivity index (χ1) is 23.5. The van der Waals surface area contributed by atoms with Crippen molar-refractivity contribution < 1.29 is 61.9 Å². The molecule has 1 saturated carbocycles. The monoisotopic (exact) mass is 706 g/mol. The summed E-state index contributed by atoms with van der Waals surface area (Å²) < 4.78 is 42.8. The fourth-order valence-corrected chi connectivity index (χ4v) is 8.60. The van der Waals surface area contributed by atoms with Crippen molar-refractivity contribution in [1.82, 2.24) is 0 Å². The average Bonchev–Trinajstić information content (AvgIpc) is 3.60. The summed E-state index contributed by atoms with van der Waals surface area (Å²) in [6, 6.07) is 0. The lowest BCUT2D eigenvalue weighted by Gasteiger charge is -2.57. The molecule has 11 atom stereocenters. The molecule has 3 fully saturated rings. The van der Waals surface area contributed by atoms with E-state index in [4.69, 9.17) is 33.2 Å². The van der Waals surface area contributed by atoms with Crippen molar-refractivity contribution in [1.29, 1.82) is 0 Å². The number of rotatable bonds is 12. The van der Waals surface area contributed by atoms with E-state index in [1.165, 1.54) is 20.8 Å². The Hall–Kier alpha value is -3.48. The highest BCUT2D eigenvalue weighted by Gasteiger charge is 2.87. The summed E-state index contributed by atoms with van der Waals surface area (Å²) in [5, 5.41) is 0. The summed E-state index contributed by atoms with van der Waals surface area (Å²) in [5.41, 5.74) is -3.90.